The van der Waals surface area contributed by atoms with Gasteiger partial charge in [0.05, 0.1) is 17.2 Å². The van der Waals surface area contributed by atoms with Gasteiger partial charge in [0.25, 0.3) is 5.91 Å². The molecule has 1 aliphatic rings. The highest BCUT2D eigenvalue weighted by molar-refractivity contribution is 5.95. The summed E-state index contributed by atoms with van der Waals surface area (Å²) in [5, 5.41) is 10.1. The van der Waals surface area contributed by atoms with Crippen molar-refractivity contribution in [1.29, 1.82) is 0 Å². The number of ether oxygens (including phenoxy) is 2. The van der Waals surface area contributed by atoms with E-state index >= 15 is 0 Å². The van der Waals surface area contributed by atoms with Gasteiger partial charge in [0, 0.05) is 39.5 Å². The maximum atomic E-state index is 14.3. The van der Waals surface area contributed by atoms with Crippen LogP contribution in [0.4, 0.5) is 4.79 Å². The molecule has 0 saturated carbocycles. The maximum absolute atomic E-state index is 14.3. The van der Waals surface area contributed by atoms with Crippen LogP contribution >= 0.6 is 0 Å². The zero-order valence-electron chi connectivity index (χ0n) is 24.4. The quantitative estimate of drug-likeness (QED) is 0.438. The zero-order valence-corrected chi connectivity index (χ0v) is 24.4. The molecule has 0 spiro atoms. The molecule has 0 aliphatic carbocycles. The van der Waals surface area contributed by atoms with Crippen LogP contribution in [0.1, 0.15) is 77.0 Å². The Bertz CT molecular complexity index is 1170. The molecule has 0 unspecified atom stereocenters. The summed E-state index contributed by atoms with van der Waals surface area (Å²) in [5.41, 5.74) is -0.101. The molecule has 39 heavy (non-hydrogen) atoms. The Labute approximate surface area is 231 Å². The van der Waals surface area contributed by atoms with E-state index in [0.717, 1.165) is 18.5 Å². The fourth-order valence-electron chi connectivity index (χ4n) is 5.14. The first kappa shape index (κ1) is 30.4. The number of aromatic nitrogens is 2. The molecule has 216 valence electrons. The van der Waals surface area contributed by atoms with Gasteiger partial charge in [-0.2, -0.15) is 0 Å². The summed E-state index contributed by atoms with van der Waals surface area (Å²) in [4.78, 5) is 47.6. The predicted octanol–water partition coefficient (Wildman–Crippen LogP) is 4.50. The number of aryl methyl sites for hydroxylation is 1. The third kappa shape index (κ3) is 7.50. The minimum Gasteiger partial charge on any atom is -0.481 e. The predicted molar refractivity (Wildman–Crippen MR) is 148 cm³/mol. The van der Waals surface area contributed by atoms with Gasteiger partial charge in [-0.05, 0) is 71.4 Å². The number of nitrogens with zero attached hydrogens (tertiary/aromatic N) is 4. The first-order valence-electron chi connectivity index (χ1n) is 13.7. The standard InChI is InChI=1S/C29H44N4O6/c1-20(2)17-33(21-16-29(6,26(35)36)19-31(18-21)27(37)39-28(3,4)5)25(34)24-22(12-9-11-15-38-7)32-14-10-8-13-23(32)30-24/h8,10,13-14,20-21H,9,11-12,15-19H2,1-7H3,(H,35,36)/t21-,29+/m0/s1. The zero-order chi connectivity index (χ0) is 29.0. The summed E-state index contributed by atoms with van der Waals surface area (Å²) >= 11 is 0. The molecule has 1 N–H and O–H groups in total. The molecule has 0 radical (unpaired) electrons. The monoisotopic (exact) mass is 544 g/mol. The van der Waals surface area contributed by atoms with Crippen molar-refractivity contribution in [3.8, 4) is 0 Å². The molecule has 1 saturated heterocycles. The molecular weight excluding hydrogens is 500 g/mol. The second kappa shape index (κ2) is 12.4. The lowest BCUT2D eigenvalue weighted by Crippen LogP contribution is -2.60. The second-order valence-electron chi connectivity index (χ2n) is 12.2. The van der Waals surface area contributed by atoms with Crippen LogP contribution in [0.15, 0.2) is 24.4 Å². The Morgan fingerprint density at radius 3 is 2.56 bits per heavy atom. The van der Waals surface area contributed by atoms with Crippen LogP contribution in [-0.4, -0.2) is 87.3 Å². The number of pyridine rings is 1. The topological polar surface area (TPSA) is 114 Å². The molecule has 1 aliphatic heterocycles. The first-order valence-corrected chi connectivity index (χ1v) is 13.7. The van der Waals surface area contributed by atoms with E-state index in [-0.39, 0.29) is 31.3 Å². The van der Waals surface area contributed by atoms with E-state index in [2.05, 4.69) is 0 Å². The number of carbonyl (C=O) groups excluding carboxylic acids is 2. The van der Waals surface area contributed by atoms with Gasteiger partial charge in [-0.25, -0.2) is 9.78 Å². The van der Waals surface area contributed by atoms with E-state index in [9.17, 15) is 19.5 Å². The van der Waals surface area contributed by atoms with Gasteiger partial charge < -0.3 is 28.8 Å². The molecular formula is C29H44N4O6. The van der Waals surface area contributed by atoms with Crippen LogP contribution in [0.25, 0.3) is 5.65 Å². The highest BCUT2D eigenvalue weighted by atomic mass is 16.6. The van der Waals surface area contributed by atoms with Crippen molar-refractivity contribution in [2.75, 3.05) is 33.4 Å². The summed E-state index contributed by atoms with van der Waals surface area (Å²) in [6.45, 7) is 12.2. The number of carbonyl (C=O) groups is 3. The van der Waals surface area contributed by atoms with Crippen LogP contribution in [0, 0.1) is 11.3 Å². The number of likely N-dealkylation sites (tertiary alicyclic amines) is 1. The third-order valence-electron chi connectivity index (χ3n) is 6.93. The molecule has 2 amide bonds. The number of aliphatic carboxylic acids is 1. The molecule has 2 aromatic rings. The molecule has 0 aromatic carbocycles. The van der Waals surface area contributed by atoms with Gasteiger partial charge in [0.1, 0.15) is 11.2 Å². The Hall–Kier alpha value is -3.14. The summed E-state index contributed by atoms with van der Waals surface area (Å²) in [7, 11) is 1.67. The number of unbranched alkanes of at least 4 members (excludes halogenated alkanes) is 1. The number of carboxylic acid groups (broad SMARTS) is 1. The van der Waals surface area contributed by atoms with Crippen LogP contribution in [0.3, 0.4) is 0 Å². The number of rotatable bonds is 10. The van der Waals surface area contributed by atoms with Gasteiger partial charge in [-0.3, -0.25) is 9.59 Å². The number of piperidine rings is 1. The average molecular weight is 545 g/mol. The van der Waals surface area contributed by atoms with E-state index in [1.807, 2.05) is 42.6 Å². The van der Waals surface area contributed by atoms with E-state index in [1.165, 1.54) is 4.90 Å². The lowest BCUT2D eigenvalue weighted by Gasteiger charge is -2.46. The Morgan fingerprint density at radius 1 is 1.23 bits per heavy atom. The van der Waals surface area contributed by atoms with Gasteiger partial charge >= 0.3 is 12.1 Å². The van der Waals surface area contributed by atoms with Crippen molar-refractivity contribution in [3.63, 3.8) is 0 Å². The smallest absolute Gasteiger partial charge is 0.410 e. The van der Waals surface area contributed by atoms with Crippen LogP contribution in [0.2, 0.25) is 0 Å². The minimum atomic E-state index is -1.24. The van der Waals surface area contributed by atoms with Crippen molar-refractivity contribution in [1.82, 2.24) is 19.2 Å². The fourth-order valence-corrected chi connectivity index (χ4v) is 5.14. The fraction of sp³-hybridized carbons (Fsp3) is 0.655. The van der Waals surface area contributed by atoms with Crippen molar-refractivity contribution in [2.24, 2.45) is 11.3 Å². The highest BCUT2D eigenvalue weighted by Gasteiger charge is 2.47. The highest BCUT2D eigenvalue weighted by Crippen LogP contribution is 2.34. The van der Waals surface area contributed by atoms with Crippen molar-refractivity contribution < 1.29 is 29.0 Å². The Kier molecular flexibility index (Phi) is 9.64. The summed E-state index contributed by atoms with van der Waals surface area (Å²) in [6, 6.07) is 5.14. The average Bonchev–Trinajstić information content (AvgIpc) is 3.21. The van der Waals surface area contributed by atoms with Gasteiger partial charge in [0.2, 0.25) is 0 Å². The maximum Gasteiger partial charge on any atom is 0.410 e. The number of hydrogen-bond donors (Lipinski definition) is 1. The van der Waals surface area contributed by atoms with Gasteiger partial charge in [0.15, 0.2) is 5.69 Å². The number of amides is 2. The number of imidazole rings is 1. The molecule has 2 atom stereocenters. The molecule has 3 rings (SSSR count). The Balaban J connectivity index is 2.01. The molecule has 1 fully saturated rings. The van der Waals surface area contributed by atoms with Gasteiger partial charge in [-0.15, -0.1) is 0 Å². The molecule has 3 heterocycles. The van der Waals surface area contributed by atoms with Gasteiger partial charge in [-0.1, -0.05) is 19.9 Å². The van der Waals surface area contributed by atoms with Crippen LogP contribution in [0.5, 0.6) is 0 Å². The van der Waals surface area contributed by atoms with Crippen molar-refractivity contribution >= 4 is 23.6 Å². The van der Waals surface area contributed by atoms with E-state index in [0.29, 0.717) is 30.9 Å². The number of methoxy groups -OCH3 is 1. The number of carboxylic acids is 1. The van der Waals surface area contributed by atoms with E-state index < -0.39 is 29.1 Å². The summed E-state index contributed by atoms with van der Waals surface area (Å²) < 4.78 is 12.7. The summed E-state index contributed by atoms with van der Waals surface area (Å²) in [6.07, 6.45) is 3.87. The summed E-state index contributed by atoms with van der Waals surface area (Å²) in [5.74, 6) is -1.15. The third-order valence-corrected chi connectivity index (χ3v) is 6.93. The molecule has 10 nitrogen and oxygen atoms in total. The Morgan fingerprint density at radius 2 is 1.95 bits per heavy atom. The van der Waals surface area contributed by atoms with E-state index in [4.69, 9.17) is 14.5 Å². The van der Waals surface area contributed by atoms with E-state index in [1.54, 1.807) is 39.7 Å². The molecule has 0 bridgehead atoms. The molecule has 2 aromatic heterocycles. The van der Waals surface area contributed by atoms with Crippen molar-refractivity contribution in [2.45, 2.75) is 78.9 Å². The lowest BCUT2D eigenvalue weighted by molar-refractivity contribution is -0.152. The minimum absolute atomic E-state index is 0.0105. The van der Waals surface area contributed by atoms with Crippen molar-refractivity contribution in [3.05, 3.63) is 35.8 Å². The van der Waals surface area contributed by atoms with Crippen LogP contribution in [-0.2, 0) is 20.7 Å². The lowest BCUT2D eigenvalue weighted by atomic mass is 9.79. The molecule has 10 heteroatoms. The SMILES string of the molecule is COCCCCc1c(C(=O)N(CC(C)C)[C@@H]2CN(C(=O)OC(C)(C)C)C[C@](C)(C(=O)O)C2)nc2ccccn12. The van der Waals surface area contributed by atoms with Crippen LogP contribution < -0.4 is 0 Å². The normalized spacial score (nSPS) is 19.9. The number of fused-ring (bicyclic) bond motifs is 1. The largest absolute Gasteiger partial charge is 0.481 e. The first-order chi connectivity index (χ1) is 18.3. The second-order valence-corrected chi connectivity index (χ2v) is 12.2. The number of hydrogen-bond acceptors (Lipinski definition) is 6.